The van der Waals surface area contributed by atoms with Crippen molar-refractivity contribution in [2.45, 2.75) is 28.6 Å². The van der Waals surface area contributed by atoms with Gasteiger partial charge in [-0.2, -0.15) is 0 Å². The van der Waals surface area contributed by atoms with Crippen molar-refractivity contribution >= 4 is 31.9 Å². The summed E-state index contributed by atoms with van der Waals surface area (Å²) in [6.07, 6.45) is 3.47. The van der Waals surface area contributed by atoms with Crippen LogP contribution < -0.4 is 0 Å². The smallest absolute Gasteiger partial charge is 0.0986 e. The maximum absolute atomic E-state index is 9.98. The molecule has 3 heteroatoms. The van der Waals surface area contributed by atoms with E-state index in [1.807, 2.05) is 0 Å². The van der Waals surface area contributed by atoms with Gasteiger partial charge in [-0.1, -0.05) is 31.9 Å². The predicted octanol–water partition coefficient (Wildman–Crippen LogP) is 2.26. The van der Waals surface area contributed by atoms with Crippen LogP contribution in [0.2, 0.25) is 0 Å². The highest BCUT2D eigenvalue weighted by molar-refractivity contribution is 9.24. The summed E-state index contributed by atoms with van der Waals surface area (Å²) in [6.45, 7) is 0. The second kappa shape index (κ2) is 2.20. The number of hydrogen-bond donors (Lipinski definition) is 1. The molecule has 3 aliphatic rings. The Bertz CT molecular complexity index is 154. The lowest BCUT2D eigenvalue weighted by Crippen LogP contribution is -2.37. The first-order chi connectivity index (χ1) is 4.63. The largest absolute Gasteiger partial charge is 0.388 e. The minimum absolute atomic E-state index is 0.0880. The molecule has 0 aromatic carbocycles. The van der Waals surface area contributed by atoms with Crippen molar-refractivity contribution in [2.24, 2.45) is 11.8 Å². The fourth-order valence-electron chi connectivity index (χ4n) is 2.21. The number of fused-ring (bicyclic) bond motifs is 1. The van der Waals surface area contributed by atoms with E-state index in [2.05, 4.69) is 31.9 Å². The van der Waals surface area contributed by atoms with Crippen molar-refractivity contribution in [3.8, 4) is 0 Å². The van der Waals surface area contributed by atoms with Gasteiger partial charge in [0.2, 0.25) is 0 Å². The Kier molecular flexibility index (Phi) is 1.67. The molecule has 0 spiro atoms. The van der Waals surface area contributed by atoms with Crippen LogP contribution in [0.5, 0.6) is 0 Å². The zero-order valence-electron chi connectivity index (χ0n) is 5.56. The Labute approximate surface area is 77.4 Å². The van der Waals surface area contributed by atoms with Crippen LogP contribution >= 0.6 is 31.9 Å². The van der Waals surface area contributed by atoms with Gasteiger partial charge in [0.1, 0.15) is 0 Å². The van der Waals surface area contributed by atoms with Gasteiger partial charge in [-0.25, -0.2) is 0 Å². The number of rotatable bonds is 1. The Hall–Kier alpha value is 0.920. The van der Waals surface area contributed by atoms with E-state index >= 15 is 0 Å². The van der Waals surface area contributed by atoms with Crippen LogP contribution in [0.4, 0.5) is 0 Å². The molecule has 3 rings (SSSR count). The number of alkyl halides is 2. The lowest BCUT2D eigenvalue weighted by molar-refractivity contribution is 0.0290. The van der Waals surface area contributed by atoms with Crippen LogP contribution in [-0.2, 0) is 0 Å². The van der Waals surface area contributed by atoms with Crippen LogP contribution in [0.25, 0.3) is 0 Å². The van der Waals surface area contributed by atoms with E-state index in [9.17, 15) is 5.11 Å². The molecule has 0 amide bonds. The molecule has 1 atom stereocenters. The molecule has 1 unspecified atom stereocenters. The van der Waals surface area contributed by atoms with E-state index in [-0.39, 0.29) is 3.74 Å². The van der Waals surface area contributed by atoms with E-state index in [0.29, 0.717) is 5.92 Å². The Morgan fingerprint density at radius 2 is 2.00 bits per heavy atom. The van der Waals surface area contributed by atoms with Crippen molar-refractivity contribution in [2.75, 3.05) is 0 Å². The quantitative estimate of drug-likeness (QED) is 0.724. The average molecular weight is 270 g/mol. The minimum atomic E-state index is -0.440. The number of halogens is 2. The molecular formula is C7H10Br2O. The highest BCUT2D eigenvalue weighted by Gasteiger charge is 2.56. The monoisotopic (exact) mass is 268 g/mol. The molecule has 3 fully saturated rings. The van der Waals surface area contributed by atoms with Crippen LogP contribution in [0, 0.1) is 11.8 Å². The summed E-state index contributed by atoms with van der Waals surface area (Å²) in [5.74, 6) is 1.37. The van der Waals surface area contributed by atoms with Crippen molar-refractivity contribution in [1.82, 2.24) is 0 Å². The third-order valence-corrected chi connectivity index (χ3v) is 4.52. The van der Waals surface area contributed by atoms with E-state index < -0.39 is 5.60 Å². The fourth-order valence-corrected chi connectivity index (χ4v) is 3.33. The van der Waals surface area contributed by atoms with Gasteiger partial charge in [0.05, 0.1) is 9.34 Å². The molecule has 3 saturated carbocycles. The molecule has 0 saturated heterocycles. The lowest BCUT2D eigenvalue weighted by atomic mass is 9.82. The zero-order chi connectivity index (χ0) is 7.35. The third-order valence-electron chi connectivity index (χ3n) is 2.94. The van der Waals surface area contributed by atoms with Gasteiger partial charge in [-0.3, -0.25) is 0 Å². The molecule has 0 radical (unpaired) electrons. The van der Waals surface area contributed by atoms with Crippen LogP contribution in [0.3, 0.4) is 0 Å². The summed E-state index contributed by atoms with van der Waals surface area (Å²) in [4.78, 5) is 0. The lowest BCUT2D eigenvalue weighted by Gasteiger charge is -2.31. The number of aliphatic hydroxyl groups is 1. The van der Waals surface area contributed by atoms with E-state index in [1.165, 1.54) is 12.8 Å². The molecular weight excluding hydrogens is 260 g/mol. The first-order valence-corrected chi connectivity index (χ1v) is 5.46. The molecule has 1 nitrogen and oxygen atoms in total. The summed E-state index contributed by atoms with van der Waals surface area (Å²) in [5.41, 5.74) is -0.440. The molecule has 3 aliphatic carbocycles. The van der Waals surface area contributed by atoms with Gasteiger partial charge in [-0.05, 0) is 31.1 Å². The minimum Gasteiger partial charge on any atom is -0.388 e. The predicted molar refractivity (Wildman–Crippen MR) is 47.4 cm³/mol. The molecule has 1 N–H and O–H groups in total. The summed E-state index contributed by atoms with van der Waals surface area (Å²) in [5, 5.41) is 9.98. The van der Waals surface area contributed by atoms with Crippen molar-refractivity contribution in [1.29, 1.82) is 0 Å². The molecule has 58 valence electrons. The van der Waals surface area contributed by atoms with Crippen molar-refractivity contribution in [3.63, 3.8) is 0 Å². The molecule has 0 aliphatic heterocycles. The van der Waals surface area contributed by atoms with E-state index in [4.69, 9.17) is 0 Å². The second-order valence-electron chi connectivity index (χ2n) is 3.53. The standard InChI is InChI=1S/C7H10Br2O/c8-6(9)7(10)3-4-1-5(7)2-4/h4-6,10H,1-3H2. The summed E-state index contributed by atoms with van der Waals surface area (Å²) in [7, 11) is 0. The van der Waals surface area contributed by atoms with E-state index in [0.717, 1.165) is 12.3 Å². The van der Waals surface area contributed by atoms with Crippen LogP contribution in [0.15, 0.2) is 0 Å². The normalized spacial score (nSPS) is 51.6. The topological polar surface area (TPSA) is 20.2 Å². The molecule has 10 heavy (non-hydrogen) atoms. The highest BCUT2D eigenvalue weighted by Crippen LogP contribution is 2.58. The highest BCUT2D eigenvalue weighted by atomic mass is 79.9. The van der Waals surface area contributed by atoms with Crippen LogP contribution in [-0.4, -0.2) is 14.4 Å². The second-order valence-corrected chi connectivity index (χ2v) is 6.59. The first kappa shape index (κ1) is 7.56. The number of hydrogen-bond acceptors (Lipinski definition) is 1. The molecule has 0 aromatic rings. The Morgan fingerprint density at radius 3 is 2.20 bits per heavy atom. The van der Waals surface area contributed by atoms with Gasteiger partial charge in [-0.15, -0.1) is 0 Å². The first-order valence-electron chi connectivity index (χ1n) is 3.63. The maximum atomic E-state index is 9.98. The summed E-state index contributed by atoms with van der Waals surface area (Å²) >= 11 is 6.78. The zero-order valence-corrected chi connectivity index (χ0v) is 8.73. The maximum Gasteiger partial charge on any atom is 0.0986 e. The molecule has 2 bridgehead atoms. The Morgan fingerprint density at radius 1 is 1.40 bits per heavy atom. The van der Waals surface area contributed by atoms with E-state index in [1.54, 1.807) is 0 Å². The summed E-state index contributed by atoms with van der Waals surface area (Å²) < 4.78 is 0.0880. The van der Waals surface area contributed by atoms with Gasteiger partial charge < -0.3 is 5.11 Å². The van der Waals surface area contributed by atoms with Crippen molar-refractivity contribution < 1.29 is 5.11 Å². The third kappa shape index (κ3) is 0.833. The molecule has 0 heterocycles. The van der Waals surface area contributed by atoms with Crippen molar-refractivity contribution in [3.05, 3.63) is 0 Å². The SMILES string of the molecule is OC1(C(Br)Br)CC2CC1C2. The van der Waals surface area contributed by atoms with Gasteiger partial charge in [0.15, 0.2) is 0 Å². The van der Waals surface area contributed by atoms with Gasteiger partial charge >= 0.3 is 0 Å². The van der Waals surface area contributed by atoms with Crippen LogP contribution in [0.1, 0.15) is 19.3 Å². The van der Waals surface area contributed by atoms with Gasteiger partial charge in [0.25, 0.3) is 0 Å². The fraction of sp³-hybridized carbons (Fsp3) is 1.00. The molecule has 0 aromatic heterocycles. The van der Waals surface area contributed by atoms with Gasteiger partial charge in [0, 0.05) is 0 Å². The summed E-state index contributed by atoms with van der Waals surface area (Å²) in [6, 6.07) is 0. The Balaban J connectivity index is 2.16. The average Bonchev–Trinajstić information content (AvgIpc) is 2.17.